The van der Waals surface area contributed by atoms with Crippen molar-refractivity contribution < 1.29 is 4.79 Å². The van der Waals surface area contributed by atoms with E-state index < -0.39 is 0 Å². The lowest BCUT2D eigenvalue weighted by atomic mass is 10.1. The normalized spacial score (nSPS) is 16.4. The van der Waals surface area contributed by atoms with Gasteiger partial charge in [-0.3, -0.25) is 9.69 Å². The maximum Gasteiger partial charge on any atom is 0.223 e. The minimum Gasteiger partial charge on any atom is -0.340 e. The highest BCUT2D eigenvalue weighted by Crippen LogP contribution is 2.12. The van der Waals surface area contributed by atoms with Gasteiger partial charge in [-0.2, -0.15) is 0 Å². The maximum absolute atomic E-state index is 12.4. The molecule has 138 valence electrons. The van der Waals surface area contributed by atoms with Crippen molar-refractivity contribution in [2.24, 2.45) is 0 Å². The van der Waals surface area contributed by atoms with Crippen LogP contribution in [-0.2, 0) is 11.3 Å². The highest BCUT2D eigenvalue weighted by Gasteiger charge is 2.20. The number of carbonyl (C=O) groups excluding carboxylic acids is 1. The molecule has 4 nitrogen and oxygen atoms in total. The molecule has 1 aliphatic heterocycles. The lowest BCUT2D eigenvalue weighted by Gasteiger charge is -2.35. The molecule has 0 bridgehead atoms. The van der Waals surface area contributed by atoms with Crippen LogP contribution in [0.25, 0.3) is 0 Å². The van der Waals surface area contributed by atoms with Crippen LogP contribution in [0.3, 0.4) is 0 Å². The second kappa shape index (κ2) is 9.51. The molecule has 1 amide bonds. The van der Waals surface area contributed by atoms with E-state index >= 15 is 0 Å². The highest BCUT2D eigenvalue weighted by atomic mass is 16.2. The highest BCUT2D eigenvalue weighted by molar-refractivity contribution is 5.76. The Kier molecular flexibility index (Phi) is 6.81. The molecule has 26 heavy (non-hydrogen) atoms. The molecule has 1 heterocycles. The topological polar surface area (TPSA) is 35.6 Å². The molecular formula is C22H29N3O. The first-order valence-corrected chi connectivity index (χ1v) is 9.55. The van der Waals surface area contributed by atoms with Gasteiger partial charge in [-0.05, 0) is 18.1 Å². The number of nitrogens with zero attached hydrogens (tertiary/aromatic N) is 2. The molecule has 1 fully saturated rings. The number of piperazine rings is 1. The van der Waals surface area contributed by atoms with E-state index in [-0.39, 0.29) is 11.9 Å². The van der Waals surface area contributed by atoms with Crippen molar-refractivity contribution in [1.82, 2.24) is 15.1 Å². The molecule has 0 aromatic heterocycles. The maximum atomic E-state index is 12.4. The third-order valence-electron chi connectivity index (χ3n) is 5.06. The van der Waals surface area contributed by atoms with Gasteiger partial charge >= 0.3 is 0 Å². The quantitative estimate of drug-likeness (QED) is 0.833. The number of amides is 1. The third-order valence-corrected chi connectivity index (χ3v) is 5.06. The van der Waals surface area contributed by atoms with Crippen LogP contribution in [0.4, 0.5) is 0 Å². The van der Waals surface area contributed by atoms with Crippen LogP contribution in [0, 0.1) is 0 Å². The van der Waals surface area contributed by atoms with Crippen molar-refractivity contribution in [2.75, 3.05) is 32.7 Å². The first kappa shape index (κ1) is 18.6. The van der Waals surface area contributed by atoms with E-state index in [9.17, 15) is 4.79 Å². The van der Waals surface area contributed by atoms with Gasteiger partial charge in [0, 0.05) is 51.7 Å². The van der Waals surface area contributed by atoms with Gasteiger partial charge in [-0.1, -0.05) is 60.7 Å². The zero-order valence-corrected chi connectivity index (χ0v) is 15.6. The van der Waals surface area contributed by atoms with E-state index in [0.717, 1.165) is 39.3 Å². The van der Waals surface area contributed by atoms with Crippen molar-refractivity contribution in [3.05, 3.63) is 71.8 Å². The third kappa shape index (κ3) is 5.41. The second-order valence-electron chi connectivity index (χ2n) is 6.98. The Morgan fingerprint density at radius 3 is 2.23 bits per heavy atom. The summed E-state index contributed by atoms with van der Waals surface area (Å²) in [5.74, 6) is 0.261. The predicted octanol–water partition coefficient (Wildman–Crippen LogP) is 3.07. The molecule has 1 saturated heterocycles. The number of carbonyl (C=O) groups is 1. The van der Waals surface area contributed by atoms with Crippen molar-refractivity contribution in [1.29, 1.82) is 0 Å². The summed E-state index contributed by atoms with van der Waals surface area (Å²) in [6, 6.07) is 21.2. The van der Waals surface area contributed by atoms with E-state index in [1.165, 1.54) is 11.1 Å². The Bertz CT molecular complexity index is 666. The van der Waals surface area contributed by atoms with E-state index in [1.54, 1.807) is 0 Å². The molecule has 1 atom stereocenters. The molecule has 0 aliphatic carbocycles. The molecule has 2 aromatic carbocycles. The molecule has 4 heteroatoms. The number of hydrogen-bond donors (Lipinski definition) is 1. The SMILES string of the molecule is CC(NCCC(=O)N1CCN(Cc2ccccc2)CC1)c1ccccc1. The van der Waals surface area contributed by atoms with Gasteiger partial charge in [0.1, 0.15) is 0 Å². The van der Waals surface area contributed by atoms with Crippen LogP contribution < -0.4 is 5.32 Å². The zero-order valence-electron chi connectivity index (χ0n) is 15.6. The van der Waals surface area contributed by atoms with Gasteiger partial charge in [0.15, 0.2) is 0 Å². The fourth-order valence-electron chi connectivity index (χ4n) is 3.41. The lowest BCUT2D eigenvalue weighted by Crippen LogP contribution is -2.48. The molecule has 1 unspecified atom stereocenters. The van der Waals surface area contributed by atoms with E-state index in [4.69, 9.17) is 0 Å². The number of benzene rings is 2. The summed E-state index contributed by atoms with van der Waals surface area (Å²) in [6.45, 7) is 7.41. The standard InChI is InChI=1S/C22H29N3O/c1-19(21-10-6-3-7-11-21)23-13-12-22(26)25-16-14-24(15-17-25)18-20-8-4-2-5-9-20/h2-11,19,23H,12-18H2,1H3. The first-order valence-electron chi connectivity index (χ1n) is 9.55. The van der Waals surface area contributed by atoms with Gasteiger partial charge in [0.05, 0.1) is 0 Å². The van der Waals surface area contributed by atoms with Crippen LogP contribution in [0.5, 0.6) is 0 Å². The summed E-state index contributed by atoms with van der Waals surface area (Å²) < 4.78 is 0. The number of nitrogens with one attached hydrogen (secondary N) is 1. The Morgan fingerprint density at radius 2 is 1.58 bits per heavy atom. The Balaban J connectivity index is 1.36. The van der Waals surface area contributed by atoms with Crippen LogP contribution in [0.15, 0.2) is 60.7 Å². The minimum atomic E-state index is 0.261. The van der Waals surface area contributed by atoms with Crippen LogP contribution in [0.2, 0.25) is 0 Å². The minimum absolute atomic E-state index is 0.261. The fraction of sp³-hybridized carbons (Fsp3) is 0.409. The molecule has 3 rings (SSSR count). The predicted molar refractivity (Wildman–Crippen MR) is 106 cm³/mol. The number of hydrogen-bond acceptors (Lipinski definition) is 3. The van der Waals surface area contributed by atoms with Gasteiger partial charge in [-0.25, -0.2) is 0 Å². The summed E-state index contributed by atoms with van der Waals surface area (Å²) in [5.41, 5.74) is 2.60. The fourth-order valence-corrected chi connectivity index (χ4v) is 3.41. The van der Waals surface area contributed by atoms with Crippen molar-refractivity contribution in [3.63, 3.8) is 0 Å². The molecule has 1 aliphatic rings. The molecule has 0 saturated carbocycles. The van der Waals surface area contributed by atoms with Gasteiger partial charge < -0.3 is 10.2 Å². The Hall–Kier alpha value is -2.17. The summed E-state index contributed by atoms with van der Waals surface area (Å²) in [4.78, 5) is 16.9. The van der Waals surface area contributed by atoms with Crippen LogP contribution in [-0.4, -0.2) is 48.4 Å². The van der Waals surface area contributed by atoms with E-state index in [1.807, 2.05) is 29.2 Å². The lowest BCUT2D eigenvalue weighted by molar-refractivity contribution is -0.132. The summed E-state index contributed by atoms with van der Waals surface area (Å²) in [7, 11) is 0. The summed E-state index contributed by atoms with van der Waals surface area (Å²) in [5, 5.41) is 3.45. The van der Waals surface area contributed by atoms with E-state index in [0.29, 0.717) is 6.42 Å². The zero-order chi connectivity index (χ0) is 18.2. The molecule has 2 aromatic rings. The van der Waals surface area contributed by atoms with E-state index in [2.05, 4.69) is 53.5 Å². The Labute approximate surface area is 156 Å². The van der Waals surface area contributed by atoms with Gasteiger partial charge in [-0.15, -0.1) is 0 Å². The molecule has 0 spiro atoms. The van der Waals surface area contributed by atoms with Crippen LogP contribution in [0.1, 0.15) is 30.5 Å². The largest absolute Gasteiger partial charge is 0.340 e. The average Bonchev–Trinajstić information content (AvgIpc) is 2.70. The van der Waals surface area contributed by atoms with Crippen molar-refractivity contribution in [2.45, 2.75) is 25.9 Å². The smallest absolute Gasteiger partial charge is 0.223 e. The molecular weight excluding hydrogens is 322 g/mol. The van der Waals surface area contributed by atoms with Crippen LogP contribution >= 0.6 is 0 Å². The first-order chi connectivity index (χ1) is 12.7. The number of rotatable bonds is 7. The summed E-state index contributed by atoms with van der Waals surface area (Å²) in [6.07, 6.45) is 0.565. The van der Waals surface area contributed by atoms with Gasteiger partial charge in [0.2, 0.25) is 5.91 Å². The van der Waals surface area contributed by atoms with Crippen molar-refractivity contribution in [3.8, 4) is 0 Å². The van der Waals surface area contributed by atoms with Gasteiger partial charge in [0.25, 0.3) is 0 Å². The molecule has 0 radical (unpaired) electrons. The summed E-state index contributed by atoms with van der Waals surface area (Å²) >= 11 is 0. The van der Waals surface area contributed by atoms with Crippen molar-refractivity contribution >= 4 is 5.91 Å². The second-order valence-corrected chi connectivity index (χ2v) is 6.98. The Morgan fingerprint density at radius 1 is 0.962 bits per heavy atom. The average molecular weight is 351 g/mol. The molecule has 1 N–H and O–H groups in total. The monoisotopic (exact) mass is 351 g/mol.